The van der Waals surface area contributed by atoms with Gasteiger partial charge in [-0.1, -0.05) is 87.5 Å². The summed E-state index contributed by atoms with van der Waals surface area (Å²) < 4.78 is 12.3. The molecule has 29 heavy (non-hydrogen) atoms. The SMILES string of the molecule is C=C[C@@H](CC(=O)OCc1ccccc1)[C@H](O[Si](C)(C)C(C)(C)C)c1ccccc1. The van der Waals surface area contributed by atoms with Crippen LogP contribution >= 0.6 is 0 Å². The van der Waals surface area contributed by atoms with E-state index in [0.717, 1.165) is 11.1 Å². The van der Waals surface area contributed by atoms with E-state index in [1.54, 1.807) is 0 Å². The molecule has 0 aliphatic heterocycles. The summed E-state index contributed by atoms with van der Waals surface area (Å²) in [5, 5.41) is 0.0690. The number of carbonyl (C=O) groups excluding carboxylic acids is 1. The van der Waals surface area contributed by atoms with Crippen LogP contribution in [0.15, 0.2) is 73.3 Å². The van der Waals surface area contributed by atoms with Gasteiger partial charge in [-0.15, -0.1) is 6.58 Å². The van der Waals surface area contributed by atoms with Gasteiger partial charge in [0.25, 0.3) is 0 Å². The van der Waals surface area contributed by atoms with Crippen LogP contribution in [0, 0.1) is 5.92 Å². The molecule has 2 atom stereocenters. The lowest BCUT2D eigenvalue weighted by Gasteiger charge is -2.41. The molecule has 0 aliphatic carbocycles. The first-order valence-corrected chi connectivity index (χ1v) is 13.1. The van der Waals surface area contributed by atoms with E-state index in [4.69, 9.17) is 9.16 Å². The average molecular weight is 411 g/mol. The van der Waals surface area contributed by atoms with Gasteiger partial charge >= 0.3 is 5.97 Å². The maximum absolute atomic E-state index is 12.6. The van der Waals surface area contributed by atoms with Gasteiger partial charge in [-0.3, -0.25) is 4.79 Å². The van der Waals surface area contributed by atoms with Crippen molar-refractivity contribution in [3.8, 4) is 0 Å². The summed E-state index contributed by atoms with van der Waals surface area (Å²) in [4.78, 5) is 12.6. The molecule has 0 aliphatic rings. The Labute approximate surface area is 176 Å². The third-order valence-corrected chi connectivity index (χ3v) is 10.1. The van der Waals surface area contributed by atoms with Crippen molar-refractivity contribution < 1.29 is 14.0 Å². The van der Waals surface area contributed by atoms with Crippen LogP contribution in [0.4, 0.5) is 0 Å². The van der Waals surface area contributed by atoms with E-state index >= 15 is 0 Å². The van der Waals surface area contributed by atoms with Crippen molar-refractivity contribution in [3.63, 3.8) is 0 Å². The Kier molecular flexibility index (Phi) is 8.00. The van der Waals surface area contributed by atoms with Gasteiger partial charge in [0.15, 0.2) is 8.32 Å². The van der Waals surface area contributed by atoms with E-state index in [1.807, 2.05) is 54.6 Å². The molecule has 0 saturated carbocycles. The first-order chi connectivity index (χ1) is 13.6. The third kappa shape index (κ3) is 6.69. The van der Waals surface area contributed by atoms with Gasteiger partial charge in [-0.2, -0.15) is 0 Å². The predicted molar refractivity (Wildman–Crippen MR) is 122 cm³/mol. The summed E-state index contributed by atoms with van der Waals surface area (Å²) in [5.74, 6) is -0.395. The van der Waals surface area contributed by atoms with Crippen molar-refractivity contribution in [3.05, 3.63) is 84.4 Å². The molecule has 2 aromatic rings. The Morgan fingerprint density at radius 1 is 1.03 bits per heavy atom. The highest BCUT2D eigenvalue weighted by Gasteiger charge is 2.41. The second-order valence-electron chi connectivity index (χ2n) is 8.96. The number of benzene rings is 2. The lowest BCUT2D eigenvalue weighted by molar-refractivity contribution is -0.146. The molecule has 0 amide bonds. The lowest BCUT2D eigenvalue weighted by atomic mass is 9.93. The van der Waals surface area contributed by atoms with Crippen molar-refractivity contribution >= 4 is 14.3 Å². The van der Waals surface area contributed by atoms with E-state index in [0.29, 0.717) is 0 Å². The normalized spacial score (nSPS) is 14.1. The lowest BCUT2D eigenvalue weighted by Crippen LogP contribution is -2.43. The van der Waals surface area contributed by atoms with Gasteiger partial charge in [0.05, 0.1) is 12.5 Å². The fraction of sp³-hybridized carbons (Fsp3) is 0.400. The molecule has 0 unspecified atom stereocenters. The number of rotatable bonds is 9. The molecule has 0 bridgehead atoms. The van der Waals surface area contributed by atoms with E-state index < -0.39 is 8.32 Å². The standard InChI is InChI=1S/C25H34O3Si/c1-7-21(18-23(26)27-19-20-14-10-8-11-15-20)24(22-16-12-9-13-17-22)28-29(5,6)25(2,3)4/h7-17,21,24H,1,18-19H2,2-6H3/t21-,24-/m0/s1. The van der Waals surface area contributed by atoms with Crippen molar-refractivity contribution in [2.75, 3.05) is 0 Å². The van der Waals surface area contributed by atoms with Gasteiger partial charge < -0.3 is 9.16 Å². The molecule has 0 saturated heterocycles. The highest BCUT2D eigenvalue weighted by Crippen LogP contribution is 2.42. The van der Waals surface area contributed by atoms with Crippen LogP contribution in [0.25, 0.3) is 0 Å². The smallest absolute Gasteiger partial charge is 0.306 e. The van der Waals surface area contributed by atoms with Crippen LogP contribution in [0.2, 0.25) is 18.1 Å². The Hall–Kier alpha value is -2.17. The van der Waals surface area contributed by atoms with Gasteiger partial charge in [-0.25, -0.2) is 0 Å². The number of carbonyl (C=O) groups is 1. The highest BCUT2D eigenvalue weighted by atomic mass is 28.4. The fourth-order valence-corrected chi connectivity index (χ4v) is 4.14. The maximum Gasteiger partial charge on any atom is 0.306 e. The summed E-state index contributed by atoms with van der Waals surface area (Å²) in [6, 6.07) is 19.8. The van der Waals surface area contributed by atoms with Gasteiger partial charge in [0, 0.05) is 5.92 Å². The third-order valence-electron chi connectivity index (χ3n) is 5.69. The van der Waals surface area contributed by atoms with Gasteiger partial charge in [-0.05, 0) is 29.3 Å². The Morgan fingerprint density at radius 2 is 1.59 bits per heavy atom. The number of ether oxygens (including phenoxy) is 1. The van der Waals surface area contributed by atoms with Crippen LogP contribution in [-0.4, -0.2) is 14.3 Å². The Balaban J connectivity index is 2.16. The first-order valence-electron chi connectivity index (χ1n) is 10.2. The Morgan fingerprint density at radius 3 is 2.10 bits per heavy atom. The van der Waals surface area contributed by atoms with Gasteiger partial charge in [0.2, 0.25) is 0 Å². The molecule has 0 heterocycles. The molecule has 0 spiro atoms. The maximum atomic E-state index is 12.6. The zero-order valence-electron chi connectivity index (χ0n) is 18.4. The predicted octanol–water partition coefficient (Wildman–Crippen LogP) is 6.69. The average Bonchev–Trinajstić information content (AvgIpc) is 2.69. The van der Waals surface area contributed by atoms with Crippen molar-refractivity contribution in [1.82, 2.24) is 0 Å². The fourth-order valence-electron chi connectivity index (χ4n) is 2.84. The molecule has 2 aromatic carbocycles. The molecule has 0 N–H and O–H groups in total. The minimum Gasteiger partial charge on any atom is -0.461 e. The van der Waals surface area contributed by atoms with E-state index in [9.17, 15) is 4.79 Å². The van der Waals surface area contributed by atoms with Crippen LogP contribution in [0.1, 0.15) is 44.4 Å². The van der Waals surface area contributed by atoms with Gasteiger partial charge in [0.1, 0.15) is 6.61 Å². The summed E-state index contributed by atoms with van der Waals surface area (Å²) in [6.07, 6.45) is 1.85. The first kappa shape index (κ1) is 23.1. The van der Waals surface area contributed by atoms with Crippen LogP contribution in [0.3, 0.4) is 0 Å². The summed E-state index contributed by atoms with van der Waals surface area (Å²) in [5.41, 5.74) is 2.05. The molecule has 0 fully saturated rings. The van der Waals surface area contributed by atoms with Crippen LogP contribution < -0.4 is 0 Å². The minimum absolute atomic E-state index is 0.0690. The number of hydrogen-bond donors (Lipinski definition) is 0. The monoisotopic (exact) mass is 410 g/mol. The number of esters is 1. The van der Waals surface area contributed by atoms with E-state index in [2.05, 4.69) is 52.6 Å². The molecular formula is C25H34O3Si. The quantitative estimate of drug-likeness (QED) is 0.262. The van der Waals surface area contributed by atoms with Crippen LogP contribution in [-0.2, 0) is 20.6 Å². The van der Waals surface area contributed by atoms with Crippen molar-refractivity contribution in [1.29, 1.82) is 0 Å². The second kappa shape index (κ2) is 10.0. The van der Waals surface area contributed by atoms with Crippen LogP contribution in [0.5, 0.6) is 0 Å². The molecular weight excluding hydrogens is 376 g/mol. The van der Waals surface area contributed by atoms with Crippen molar-refractivity contribution in [2.45, 2.75) is 58.0 Å². The highest BCUT2D eigenvalue weighted by molar-refractivity contribution is 6.74. The Bertz CT molecular complexity index is 779. The summed E-state index contributed by atoms with van der Waals surface area (Å²) in [6.45, 7) is 15.4. The second-order valence-corrected chi connectivity index (χ2v) is 13.7. The summed E-state index contributed by atoms with van der Waals surface area (Å²) in [7, 11) is -2.05. The number of hydrogen-bond acceptors (Lipinski definition) is 3. The topological polar surface area (TPSA) is 35.5 Å². The largest absolute Gasteiger partial charge is 0.461 e. The molecule has 0 radical (unpaired) electrons. The van der Waals surface area contributed by atoms with Crippen molar-refractivity contribution in [2.24, 2.45) is 5.92 Å². The summed E-state index contributed by atoms with van der Waals surface area (Å²) >= 11 is 0. The molecule has 0 aromatic heterocycles. The van der Waals surface area contributed by atoms with E-state index in [-0.39, 0.29) is 36.1 Å². The molecule has 3 nitrogen and oxygen atoms in total. The molecule has 2 rings (SSSR count). The molecule has 156 valence electrons. The van der Waals surface area contributed by atoms with E-state index in [1.165, 1.54) is 0 Å². The zero-order valence-corrected chi connectivity index (χ0v) is 19.4. The molecule has 4 heteroatoms. The zero-order chi connectivity index (χ0) is 21.5. The minimum atomic E-state index is -2.05.